The van der Waals surface area contributed by atoms with E-state index in [2.05, 4.69) is 15.6 Å². The molecule has 1 aromatic rings. The van der Waals surface area contributed by atoms with Crippen LogP contribution in [0.4, 0.5) is 5.82 Å². The Morgan fingerprint density at radius 1 is 1.19 bits per heavy atom. The molecule has 0 saturated carbocycles. The van der Waals surface area contributed by atoms with E-state index < -0.39 is 0 Å². The van der Waals surface area contributed by atoms with Crippen LogP contribution in [0, 0.1) is 12.3 Å². The molecule has 2 N–H and O–H groups in total. The number of nitrogens with one attached hydrogen (secondary N) is 2. The van der Waals surface area contributed by atoms with Gasteiger partial charge in [-0.25, -0.2) is 4.98 Å². The minimum absolute atomic E-state index is 0.100. The van der Waals surface area contributed by atoms with Gasteiger partial charge in [0, 0.05) is 32.1 Å². The molecule has 142 valence electrons. The number of amides is 2. The maximum atomic E-state index is 12.6. The van der Waals surface area contributed by atoms with Crippen molar-refractivity contribution in [3.8, 4) is 0 Å². The summed E-state index contributed by atoms with van der Waals surface area (Å²) in [7, 11) is 0. The zero-order valence-electron chi connectivity index (χ0n) is 15.7. The molecule has 2 fully saturated rings. The number of carbonyl (C=O) groups excluding carboxylic acids is 2. The second kappa shape index (κ2) is 8.62. The minimum Gasteiger partial charge on any atom is -0.343 e. The SMILES string of the molecule is Cc1ccnc(NC(=O)CCC(=O)N2CCCC3(CCNCC3)CC2)c1. The van der Waals surface area contributed by atoms with Crippen LogP contribution in [-0.4, -0.2) is 47.9 Å². The molecule has 2 amide bonds. The van der Waals surface area contributed by atoms with Crippen LogP contribution in [0.15, 0.2) is 18.3 Å². The molecule has 0 aromatic carbocycles. The predicted molar refractivity (Wildman–Crippen MR) is 102 cm³/mol. The van der Waals surface area contributed by atoms with Crippen molar-refractivity contribution >= 4 is 17.6 Å². The number of likely N-dealkylation sites (tertiary alicyclic amines) is 1. The van der Waals surface area contributed by atoms with E-state index in [0.717, 1.165) is 44.6 Å². The summed E-state index contributed by atoms with van der Waals surface area (Å²) >= 11 is 0. The highest BCUT2D eigenvalue weighted by Gasteiger charge is 2.34. The summed E-state index contributed by atoms with van der Waals surface area (Å²) in [6, 6.07) is 3.71. The number of pyridine rings is 1. The van der Waals surface area contributed by atoms with E-state index in [1.807, 2.05) is 24.0 Å². The first-order valence-corrected chi connectivity index (χ1v) is 9.77. The first-order valence-electron chi connectivity index (χ1n) is 9.77. The predicted octanol–water partition coefficient (Wildman–Crippen LogP) is 2.49. The van der Waals surface area contributed by atoms with Crippen LogP contribution in [0.5, 0.6) is 0 Å². The second-order valence-corrected chi connectivity index (χ2v) is 7.75. The Kier molecular flexibility index (Phi) is 6.25. The smallest absolute Gasteiger partial charge is 0.226 e. The van der Waals surface area contributed by atoms with Gasteiger partial charge in [0.05, 0.1) is 0 Å². The Morgan fingerprint density at radius 2 is 2.00 bits per heavy atom. The monoisotopic (exact) mass is 358 g/mol. The summed E-state index contributed by atoms with van der Waals surface area (Å²) in [6.45, 7) is 5.81. The highest BCUT2D eigenvalue weighted by Crippen LogP contribution is 2.39. The highest BCUT2D eigenvalue weighted by atomic mass is 16.2. The van der Waals surface area contributed by atoms with Crippen LogP contribution in [0.25, 0.3) is 0 Å². The van der Waals surface area contributed by atoms with Gasteiger partial charge in [-0.2, -0.15) is 0 Å². The third-order valence-corrected chi connectivity index (χ3v) is 5.81. The molecule has 2 aliphatic rings. The van der Waals surface area contributed by atoms with Crippen molar-refractivity contribution < 1.29 is 9.59 Å². The average Bonchev–Trinajstić information content (AvgIpc) is 2.83. The first-order chi connectivity index (χ1) is 12.6. The van der Waals surface area contributed by atoms with E-state index in [4.69, 9.17) is 0 Å². The van der Waals surface area contributed by atoms with Crippen molar-refractivity contribution in [1.82, 2.24) is 15.2 Å². The number of rotatable bonds is 4. The number of aromatic nitrogens is 1. The maximum Gasteiger partial charge on any atom is 0.226 e. The molecule has 0 aliphatic carbocycles. The van der Waals surface area contributed by atoms with Crippen LogP contribution in [0.3, 0.4) is 0 Å². The molecular formula is C20H30N4O2. The third-order valence-electron chi connectivity index (χ3n) is 5.81. The molecular weight excluding hydrogens is 328 g/mol. The standard InChI is InChI=1S/C20H30N4O2/c1-16-5-10-22-17(15-16)23-18(25)3-4-19(26)24-13-2-6-20(9-14-24)7-11-21-12-8-20/h5,10,15,21H,2-4,6-9,11-14H2,1H3,(H,22,23,25). The van der Waals surface area contributed by atoms with Crippen molar-refractivity contribution in [3.63, 3.8) is 0 Å². The van der Waals surface area contributed by atoms with Gasteiger partial charge in [-0.05, 0) is 75.2 Å². The number of carbonyl (C=O) groups is 2. The molecule has 0 atom stereocenters. The van der Waals surface area contributed by atoms with Crippen LogP contribution < -0.4 is 10.6 Å². The van der Waals surface area contributed by atoms with Crippen LogP contribution in [0.1, 0.15) is 50.5 Å². The van der Waals surface area contributed by atoms with Crippen molar-refractivity contribution in [1.29, 1.82) is 0 Å². The van der Waals surface area contributed by atoms with E-state index in [0.29, 0.717) is 11.2 Å². The summed E-state index contributed by atoms with van der Waals surface area (Å²) in [5, 5.41) is 6.21. The summed E-state index contributed by atoms with van der Waals surface area (Å²) in [4.78, 5) is 30.7. The van der Waals surface area contributed by atoms with Gasteiger partial charge in [0.25, 0.3) is 0 Å². The molecule has 3 heterocycles. The Hall–Kier alpha value is -1.95. The van der Waals surface area contributed by atoms with E-state index in [-0.39, 0.29) is 24.7 Å². The van der Waals surface area contributed by atoms with E-state index in [1.165, 1.54) is 19.3 Å². The summed E-state index contributed by atoms with van der Waals surface area (Å²) < 4.78 is 0. The lowest BCUT2D eigenvalue weighted by Crippen LogP contribution is -2.38. The third kappa shape index (κ3) is 5.04. The van der Waals surface area contributed by atoms with Gasteiger partial charge in [0.2, 0.25) is 11.8 Å². The van der Waals surface area contributed by atoms with Crippen LogP contribution in [0.2, 0.25) is 0 Å². The van der Waals surface area contributed by atoms with Gasteiger partial charge in [-0.3, -0.25) is 9.59 Å². The Bertz CT molecular complexity index is 640. The van der Waals surface area contributed by atoms with E-state index >= 15 is 0 Å². The average molecular weight is 358 g/mol. The van der Waals surface area contributed by atoms with Gasteiger partial charge in [-0.15, -0.1) is 0 Å². The van der Waals surface area contributed by atoms with Gasteiger partial charge in [0.1, 0.15) is 5.82 Å². The largest absolute Gasteiger partial charge is 0.343 e. The number of hydrogen-bond donors (Lipinski definition) is 2. The topological polar surface area (TPSA) is 74.3 Å². The molecule has 0 radical (unpaired) electrons. The molecule has 6 heteroatoms. The summed E-state index contributed by atoms with van der Waals surface area (Å²) in [6.07, 6.45) is 7.99. The quantitative estimate of drug-likeness (QED) is 0.867. The minimum atomic E-state index is -0.152. The lowest BCUT2D eigenvalue weighted by molar-refractivity contribution is -0.132. The van der Waals surface area contributed by atoms with Gasteiger partial charge in [-0.1, -0.05) is 0 Å². The van der Waals surface area contributed by atoms with Crippen molar-refractivity contribution in [3.05, 3.63) is 23.9 Å². The molecule has 1 aromatic heterocycles. The molecule has 2 aliphatic heterocycles. The molecule has 3 rings (SSSR count). The summed E-state index contributed by atoms with van der Waals surface area (Å²) in [5.74, 6) is 0.495. The Labute approximate surface area is 155 Å². The van der Waals surface area contributed by atoms with Crippen LogP contribution in [-0.2, 0) is 9.59 Å². The number of anilines is 1. The molecule has 1 spiro atoms. The van der Waals surface area contributed by atoms with Crippen molar-refractivity contribution in [2.24, 2.45) is 5.41 Å². The molecule has 6 nitrogen and oxygen atoms in total. The lowest BCUT2D eigenvalue weighted by atomic mass is 9.73. The number of nitrogens with zero attached hydrogens (tertiary/aromatic N) is 2. The molecule has 0 unspecified atom stereocenters. The molecule has 26 heavy (non-hydrogen) atoms. The fourth-order valence-electron chi connectivity index (χ4n) is 4.15. The van der Waals surface area contributed by atoms with Crippen LogP contribution >= 0.6 is 0 Å². The Morgan fingerprint density at radius 3 is 2.77 bits per heavy atom. The number of hydrogen-bond acceptors (Lipinski definition) is 4. The molecule has 0 bridgehead atoms. The van der Waals surface area contributed by atoms with E-state index in [1.54, 1.807) is 6.20 Å². The lowest BCUT2D eigenvalue weighted by Gasteiger charge is -2.37. The summed E-state index contributed by atoms with van der Waals surface area (Å²) in [5.41, 5.74) is 1.47. The van der Waals surface area contributed by atoms with Gasteiger partial charge in [0.15, 0.2) is 0 Å². The fraction of sp³-hybridized carbons (Fsp3) is 0.650. The Balaban J connectivity index is 1.45. The van der Waals surface area contributed by atoms with Gasteiger partial charge >= 0.3 is 0 Å². The second-order valence-electron chi connectivity index (χ2n) is 7.75. The zero-order chi connectivity index (χ0) is 18.4. The zero-order valence-corrected chi connectivity index (χ0v) is 15.7. The van der Waals surface area contributed by atoms with Crippen molar-refractivity contribution in [2.75, 3.05) is 31.5 Å². The number of aryl methyl sites for hydroxylation is 1. The van der Waals surface area contributed by atoms with Crippen molar-refractivity contribution in [2.45, 2.75) is 51.9 Å². The number of piperidine rings is 1. The first kappa shape index (κ1) is 18.8. The van der Waals surface area contributed by atoms with E-state index in [9.17, 15) is 9.59 Å². The fourth-order valence-corrected chi connectivity index (χ4v) is 4.15. The maximum absolute atomic E-state index is 12.6. The molecule has 2 saturated heterocycles. The van der Waals surface area contributed by atoms with Gasteiger partial charge < -0.3 is 15.5 Å². The highest BCUT2D eigenvalue weighted by molar-refractivity contribution is 5.92. The normalized spacial score (nSPS) is 19.8.